The van der Waals surface area contributed by atoms with E-state index in [-0.39, 0.29) is 80.8 Å². The lowest BCUT2D eigenvalue weighted by molar-refractivity contribution is 1.13. The largest absolute Gasteiger partial charge is 0.380 e. The molecule has 7 aromatic rings. The third-order valence-electron chi connectivity index (χ3n) is 8.76. The summed E-state index contributed by atoms with van der Waals surface area (Å²) < 4.78 is 0. The van der Waals surface area contributed by atoms with E-state index in [0.717, 1.165) is 0 Å². The summed E-state index contributed by atoms with van der Waals surface area (Å²) in [5, 5.41) is 32.2. The third-order valence-corrected chi connectivity index (χ3v) is 8.76. The zero-order valence-electron chi connectivity index (χ0n) is 34.6. The second-order valence-corrected chi connectivity index (χ2v) is 13.4. The Morgan fingerprint density at radius 3 is 0.682 bits per heavy atom. The Morgan fingerprint density at radius 2 is 0.455 bits per heavy atom. The van der Waals surface area contributed by atoms with E-state index in [4.69, 9.17) is 45.9 Å². The Hall–Kier alpha value is -10.2. The first-order valence-electron chi connectivity index (χ1n) is 19.4. The molecular weight excluding hydrogens is 839 g/mol. The van der Waals surface area contributed by atoms with E-state index in [1.165, 1.54) is 0 Å². The zero-order valence-corrected chi connectivity index (χ0v) is 34.6. The van der Waals surface area contributed by atoms with Gasteiger partial charge in [-0.25, -0.2) is 24.9 Å². The van der Waals surface area contributed by atoms with E-state index in [1.807, 2.05) is 36.4 Å². The molecule has 23 heteroatoms. The molecule has 0 spiro atoms. The van der Waals surface area contributed by atoms with Gasteiger partial charge in [0, 0.05) is 12.4 Å². The lowest BCUT2D eigenvalue weighted by Gasteiger charge is -2.05. The van der Waals surface area contributed by atoms with Crippen LogP contribution in [0.3, 0.4) is 0 Å². The average Bonchev–Trinajstić information content (AvgIpc) is 3.38. The van der Waals surface area contributed by atoms with Gasteiger partial charge in [0.1, 0.15) is 45.6 Å². The summed E-state index contributed by atoms with van der Waals surface area (Å²) in [5.74, 6) is -0.411. The first kappa shape index (κ1) is 43.9. The second kappa shape index (κ2) is 20.6. The van der Waals surface area contributed by atoms with Crippen LogP contribution in [0.2, 0.25) is 0 Å². The van der Waals surface area contributed by atoms with E-state index in [2.05, 4.69) is 75.7 Å². The third kappa shape index (κ3) is 11.2. The maximum absolute atomic E-state index is 6.21. The molecule has 0 radical (unpaired) electrons. The van der Waals surface area contributed by atoms with Crippen LogP contribution in [0.4, 0.5) is 0 Å². The minimum atomic E-state index is -0.0981. The Kier molecular flexibility index (Phi) is 13.7. The van der Waals surface area contributed by atoms with Crippen molar-refractivity contribution in [1.29, 1.82) is 0 Å². The van der Waals surface area contributed by atoms with Crippen LogP contribution in [0.25, 0.3) is 22.8 Å². The number of hydrogen-bond donors (Lipinski definition) is 8. The molecule has 0 aromatic carbocycles. The molecule has 7 rings (SSSR count). The molecule has 16 N–H and O–H groups in total. The van der Waals surface area contributed by atoms with E-state index in [1.54, 1.807) is 103 Å². The minimum absolute atomic E-state index is 0.0282. The van der Waals surface area contributed by atoms with Gasteiger partial charge in [0.2, 0.25) is 0 Å². The molecule has 0 aliphatic carbocycles. The summed E-state index contributed by atoms with van der Waals surface area (Å²) >= 11 is 0. The maximum atomic E-state index is 6.21. The number of rotatable bonds is 14. The van der Waals surface area contributed by atoms with Gasteiger partial charge in [-0.3, -0.25) is 9.97 Å². The Morgan fingerprint density at radius 1 is 0.242 bits per heavy atom. The van der Waals surface area contributed by atoms with Crippen LogP contribution in [0.15, 0.2) is 181 Å². The highest BCUT2D eigenvalue weighted by Gasteiger charge is 2.12. The van der Waals surface area contributed by atoms with Crippen molar-refractivity contribution in [2.24, 2.45) is 86.7 Å². The summed E-state index contributed by atoms with van der Waals surface area (Å²) in [6.07, 6.45) is 3.34. The van der Waals surface area contributed by atoms with Gasteiger partial charge < -0.3 is 45.9 Å². The number of nitrogens with zero attached hydrogens (tertiary/aromatic N) is 15. The fourth-order valence-corrected chi connectivity index (χ4v) is 5.47. The van der Waals surface area contributed by atoms with Gasteiger partial charge >= 0.3 is 0 Å². The number of amidine groups is 8. The average molecular weight is 878 g/mol. The van der Waals surface area contributed by atoms with Crippen molar-refractivity contribution in [3.05, 3.63) is 185 Å². The Bertz CT molecular complexity index is 2910. The van der Waals surface area contributed by atoms with Crippen molar-refractivity contribution in [3.63, 3.8) is 0 Å². The molecular formula is C43H39N23. The molecule has 7 heterocycles. The molecule has 0 fully saturated rings. The molecule has 23 nitrogen and oxygen atoms in total. The van der Waals surface area contributed by atoms with Crippen molar-refractivity contribution in [1.82, 2.24) is 34.9 Å². The fourth-order valence-electron chi connectivity index (χ4n) is 5.47. The molecule has 0 unspecified atom stereocenters. The fraction of sp³-hybridized carbons (Fsp3) is 0. The van der Waals surface area contributed by atoms with Crippen LogP contribution < -0.4 is 45.9 Å². The van der Waals surface area contributed by atoms with Gasteiger partial charge in [-0.15, -0.1) is 40.8 Å². The molecule has 0 amide bonds. The summed E-state index contributed by atoms with van der Waals surface area (Å²) in [5.41, 5.74) is 54.2. The van der Waals surface area contributed by atoms with Crippen LogP contribution in [0.5, 0.6) is 0 Å². The van der Waals surface area contributed by atoms with E-state index in [9.17, 15) is 0 Å². The second-order valence-electron chi connectivity index (χ2n) is 13.4. The summed E-state index contributed by atoms with van der Waals surface area (Å²) in [6.45, 7) is 0. The normalized spacial score (nSPS) is 13.5. The molecule has 0 aliphatic rings. The van der Waals surface area contributed by atoms with Crippen molar-refractivity contribution in [2.75, 3.05) is 0 Å². The SMILES string of the molecule is NC(=N/N=C(\N)c1cccc(-c2ccccn2)n1)c1cccc(/C(N)=N/N=C(\N)c2cccc(/C(N)=N/N=C(\N)c3cccc(/C(N)=N/N=C(\N)c4cccc(-c5ccccn5)n4)n3)n2)n1. The predicted molar refractivity (Wildman–Crippen MR) is 253 cm³/mol. The van der Waals surface area contributed by atoms with Crippen LogP contribution in [0, 0.1) is 0 Å². The molecule has 0 saturated heterocycles. The standard InChI is InChI=1S/C43H39N23/c44-36(28-14-5-12-26(54-28)24-10-1-3-22-52-24)59-61-38(46)30-16-7-18-32(56-30)40(48)63-65-42(50)34-20-9-21-35(58-34)43(51)66-64-41(49)33-19-8-17-31(57-33)39(47)62-60-37(45)29-15-6-13-27(55-29)25-11-2-4-23-53-25/h1-23H,(H2,44,59)(H2,45,60)(H2,46,61)(H2,47,62)(H2,48,63)(H2,49,64)(H2,50,65)(H2,51,66). The molecule has 0 saturated carbocycles. The molecule has 66 heavy (non-hydrogen) atoms. The lowest BCUT2D eigenvalue weighted by atomic mass is 10.2. The summed E-state index contributed by atoms with van der Waals surface area (Å²) in [7, 11) is 0. The Labute approximate surface area is 375 Å². The first-order valence-corrected chi connectivity index (χ1v) is 19.4. The van der Waals surface area contributed by atoms with Gasteiger partial charge in [0.05, 0.1) is 22.8 Å². The van der Waals surface area contributed by atoms with Crippen molar-refractivity contribution < 1.29 is 0 Å². The topological polar surface area (TPSA) is 397 Å². The van der Waals surface area contributed by atoms with Crippen LogP contribution in [-0.2, 0) is 0 Å². The highest BCUT2D eigenvalue weighted by molar-refractivity contribution is 6.04. The summed E-state index contributed by atoms with van der Waals surface area (Å²) in [4.78, 5) is 30.9. The molecule has 326 valence electrons. The van der Waals surface area contributed by atoms with Gasteiger partial charge in [-0.1, -0.05) is 42.5 Å². The first-order chi connectivity index (χ1) is 32.0. The lowest BCUT2D eigenvalue weighted by Crippen LogP contribution is -2.22. The van der Waals surface area contributed by atoms with Crippen LogP contribution >= 0.6 is 0 Å². The van der Waals surface area contributed by atoms with E-state index < -0.39 is 0 Å². The van der Waals surface area contributed by atoms with Crippen LogP contribution in [0.1, 0.15) is 45.6 Å². The predicted octanol–water partition coefficient (Wildman–Crippen LogP) is 0.889. The molecule has 0 bridgehead atoms. The van der Waals surface area contributed by atoms with Crippen molar-refractivity contribution in [3.8, 4) is 22.8 Å². The van der Waals surface area contributed by atoms with Crippen molar-refractivity contribution in [2.45, 2.75) is 0 Å². The number of aromatic nitrogens is 7. The van der Waals surface area contributed by atoms with Gasteiger partial charge in [0.25, 0.3) is 0 Å². The van der Waals surface area contributed by atoms with Crippen LogP contribution in [-0.4, -0.2) is 81.6 Å². The molecule has 7 aromatic heterocycles. The van der Waals surface area contributed by atoms with Crippen molar-refractivity contribution >= 4 is 46.7 Å². The zero-order chi connectivity index (χ0) is 46.4. The van der Waals surface area contributed by atoms with Gasteiger partial charge in [-0.2, -0.15) is 0 Å². The van der Waals surface area contributed by atoms with E-state index >= 15 is 0 Å². The highest BCUT2D eigenvalue weighted by Crippen LogP contribution is 2.15. The van der Waals surface area contributed by atoms with Gasteiger partial charge in [0.15, 0.2) is 46.7 Å². The minimum Gasteiger partial charge on any atom is -0.380 e. The smallest absolute Gasteiger partial charge is 0.172 e. The van der Waals surface area contributed by atoms with Gasteiger partial charge in [-0.05, 0) is 84.9 Å². The van der Waals surface area contributed by atoms with E-state index in [0.29, 0.717) is 34.2 Å². The Balaban J connectivity index is 1.000. The molecule has 0 atom stereocenters. The highest BCUT2D eigenvalue weighted by atomic mass is 15.3. The number of nitrogens with two attached hydrogens (primary N) is 8. The monoisotopic (exact) mass is 877 g/mol. The molecule has 0 aliphatic heterocycles. The number of pyridine rings is 7. The quantitative estimate of drug-likeness (QED) is 0.0427. The summed E-state index contributed by atoms with van der Waals surface area (Å²) in [6, 6.07) is 36.1. The maximum Gasteiger partial charge on any atom is 0.172 e. The number of hydrogen-bond acceptors (Lipinski definition) is 15.